The van der Waals surface area contributed by atoms with Crippen molar-refractivity contribution in [2.45, 2.75) is 52.5 Å². The largest absolute Gasteiger partial charge is 0.353 e. The summed E-state index contributed by atoms with van der Waals surface area (Å²) in [4.78, 5) is 12.1. The van der Waals surface area contributed by atoms with Crippen LogP contribution < -0.4 is 5.32 Å². The molecule has 0 aliphatic heterocycles. The molecule has 0 saturated heterocycles. The first kappa shape index (κ1) is 13.2. The van der Waals surface area contributed by atoms with Crippen molar-refractivity contribution in [3.05, 3.63) is 0 Å². The van der Waals surface area contributed by atoms with Crippen molar-refractivity contribution in [3.8, 4) is 0 Å². The quantitative estimate of drug-likeness (QED) is 0.770. The lowest BCUT2D eigenvalue weighted by Gasteiger charge is -2.31. The van der Waals surface area contributed by atoms with Gasteiger partial charge in [0.1, 0.15) is 0 Å². The molecule has 0 aromatic rings. The van der Waals surface area contributed by atoms with E-state index in [1.165, 1.54) is 25.7 Å². The minimum atomic E-state index is -0.451. The van der Waals surface area contributed by atoms with Crippen molar-refractivity contribution in [2.24, 2.45) is 23.2 Å². The highest BCUT2D eigenvalue weighted by atomic mass is 35.5. The second-order valence-electron chi connectivity index (χ2n) is 6.62. The van der Waals surface area contributed by atoms with Gasteiger partial charge in [0.2, 0.25) is 5.91 Å². The van der Waals surface area contributed by atoms with Crippen molar-refractivity contribution in [1.82, 2.24) is 5.32 Å². The smallest absolute Gasteiger partial charge is 0.227 e. The molecule has 1 amide bonds. The van der Waals surface area contributed by atoms with E-state index in [-0.39, 0.29) is 5.91 Å². The monoisotopic (exact) mass is 257 g/mol. The third-order valence-electron chi connectivity index (χ3n) is 4.74. The second-order valence-corrected chi connectivity index (χ2v) is 6.89. The highest BCUT2D eigenvalue weighted by molar-refractivity contribution is 6.19. The van der Waals surface area contributed by atoms with E-state index in [4.69, 9.17) is 11.6 Å². The highest BCUT2D eigenvalue weighted by Crippen LogP contribution is 2.49. The number of hydrogen-bond donors (Lipinski definition) is 1. The summed E-state index contributed by atoms with van der Waals surface area (Å²) in [7, 11) is 0. The van der Waals surface area contributed by atoms with E-state index in [2.05, 4.69) is 12.2 Å². The molecule has 2 fully saturated rings. The molecule has 0 radical (unpaired) electrons. The predicted octanol–water partition coefficient (Wildman–Crippen LogP) is 3.19. The summed E-state index contributed by atoms with van der Waals surface area (Å²) in [5.41, 5.74) is -0.451. The van der Waals surface area contributed by atoms with Gasteiger partial charge in [0.05, 0.1) is 5.41 Å². The number of carbonyl (C=O) groups excluding carboxylic acids is 1. The van der Waals surface area contributed by atoms with Gasteiger partial charge in [-0.25, -0.2) is 0 Å². The van der Waals surface area contributed by atoms with E-state index in [1.807, 2.05) is 13.8 Å². The maximum atomic E-state index is 12.1. The van der Waals surface area contributed by atoms with Gasteiger partial charge in [-0.15, -0.1) is 11.6 Å². The molecule has 1 N–H and O–H groups in total. The van der Waals surface area contributed by atoms with Crippen molar-refractivity contribution < 1.29 is 4.79 Å². The fourth-order valence-corrected chi connectivity index (χ4v) is 3.60. The van der Waals surface area contributed by atoms with E-state index < -0.39 is 5.41 Å². The Bertz CT molecular complexity index is 303. The molecule has 98 valence electrons. The third-order valence-corrected chi connectivity index (χ3v) is 5.41. The summed E-state index contributed by atoms with van der Waals surface area (Å²) in [5.74, 6) is 2.97. The van der Waals surface area contributed by atoms with Gasteiger partial charge in [-0.2, -0.15) is 0 Å². The molecular weight excluding hydrogens is 234 g/mol. The van der Waals surface area contributed by atoms with Gasteiger partial charge in [0.15, 0.2) is 0 Å². The summed E-state index contributed by atoms with van der Waals surface area (Å²) in [6, 6.07) is 0.306. The van der Waals surface area contributed by atoms with E-state index in [1.54, 1.807) is 0 Å². The lowest BCUT2D eigenvalue weighted by Crippen LogP contribution is -2.46. The maximum absolute atomic E-state index is 12.1. The fraction of sp³-hybridized carbons (Fsp3) is 0.929. The van der Waals surface area contributed by atoms with Gasteiger partial charge in [0.25, 0.3) is 0 Å². The first-order valence-corrected chi connectivity index (χ1v) is 7.34. The lowest BCUT2D eigenvalue weighted by atomic mass is 9.83. The van der Waals surface area contributed by atoms with Crippen LogP contribution in [0.25, 0.3) is 0 Å². The van der Waals surface area contributed by atoms with Gasteiger partial charge in [-0.3, -0.25) is 4.79 Å². The summed E-state index contributed by atoms with van der Waals surface area (Å²) >= 11 is 5.83. The lowest BCUT2D eigenvalue weighted by molar-refractivity contribution is -0.129. The van der Waals surface area contributed by atoms with Crippen molar-refractivity contribution in [3.63, 3.8) is 0 Å². The Kier molecular flexibility index (Phi) is 3.72. The van der Waals surface area contributed by atoms with Crippen LogP contribution in [0.1, 0.15) is 46.5 Å². The number of fused-ring (bicyclic) bond motifs is 2. The molecule has 2 aliphatic rings. The van der Waals surface area contributed by atoms with Gasteiger partial charge < -0.3 is 5.32 Å². The average Bonchev–Trinajstić information content (AvgIpc) is 2.90. The number of rotatable bonds is 4. The van der Waals surface area contributed by atoms with Gasteiger partial charge in [0, 0.05) is 11.9 Å². The number of amides is 1. The summed E-state index contributed by atoms with van der Waals surface area (Å²) in [6.45, 7) is 5.97. The first-order chi connectivity index (χ1) is 7.94. The molecule has 0 aromatic heterocycles. The Morgan fingerprint density at radius 2 is 2.12 bits per heavy atom. The Labute approximate surface area is 109 Å². The zero-order valence-electron chi connectivity index (χ0n) is 11.1. The van der Waals surface area contributed by atoms with E-state index >= 15 is 0 Å². The first-order valence-electron chi connectivity index (χ1n) is 6.81. The van der Waals surface area contributed by atoms with Gasteiger partial charge in [-0.1, -0.05) is 6.42 Å². The van der Waals surface area contributed by atoms with Crippen LogP contribution in [-0.4, -0.2) is 17.8 Å². The average molecular weight is 258 g/mol. The molecule has 0 heterocycles. The topological polar surface area (TPSA) is 29.1 Å². The number of nitrogens with one attached hydrogen (secondary N) is 1. The van der Waals surface area contributed by atoms with Crippen LogP contribution >= 0.6 is 11.6 Å². The zero-order chi connectivity index (χ0) is 12.6. The molecule has 4 atom stereocenters. The van der Waals surface area contributed by atoms with Crippen LogP contribution in [0.4, 0.5) is 0 Å². The van der Waals surface area contributed by atoms with Crippen LogP contribution in [0.2, 0.25) is 0 Å². The van der Waals surface area contributed by atoms with Crippen LogP contribution in [-0.2, 0) is 4.79 Å². The van der Waals surface area contributed by atoms with E-state index in [9.17, 15) is 4.79 Å². The minimum absolute atomic E-state index is 0.0998. The SMILES string of the molecule is CC(NC(=O)C(C)(C)CCl)C1CC2CCC1C2. The normalized spacial score (nSPS) is 33.8. The highest BCUT2D eigenvalue weighted by Gasteiger charge is 2.42. The minimum Gasteiger partial charge on any atom is -0.353 e. The molecule has 2 saturated carbocycles. The number of hydrogen-bond acceptors (Lipinski definition) is 1. The van der Waals surface area contributed by atoms with Crippen LogP contribution in [0.15, 0.2) is 0 Å². The molecule has 0 aromatic carbocycles. The Hall–Kier alpha value is -0.240. The van der Waals surface area contributed by atoms with Crippen LogP contribution in [0, 0.1) is 23.2 Å². The molecule has 0 spiro atoms. The summed E-state index contributed by atoms with van der Waals surface area (Å²) in [6.07, 6.45) is 5.49. The predicted molar refractivity (Wildman–Crippen MR) is 71.0 cm³/mol. The van der Waals surface area contributed by atoms with Crippen molar-refractivity contribution in [1.29, 1.82) is 0 Å². The summed E-state index contributed by atoms with van der Waals surface area (Å²) in [5, 5.41) is 3.17. The number of carbonyl (C=O) groups is 1. The maximum Gasteiger partial charge on any atom is 0.227 e. The fourth-order valence-electron chi connectivity index (χ4n) is 3.48. The van der Waals surface area contributed by atoms with E-state index in [0.717, 1.165) is 11.8 Å². The molecule has 4 unspecified atom stereocenters. The Balaban J connectivity index is 1.89. The Morgan fingerprint density at radius 1 is 1.41 bits per heavy atom. The zero-order valence-corrected chi connectivity index (χ0v) is 11.9. The van der Waals surface area contributed by atoms with Gasteiger partial charge >= 0.3 is 0 Å². The molecule has 3 heteroatoms. The molecule has 2 bridgehead atoms. The number of alkyl halides is 1. The van der Waals surface area contributed by atoms with Crippen molar-refractivity contribution >= 4 is 17.5 Å². The van der Waals surface area contributed by atoms with E-state index in [0.29, 0.717) is 17.8 Å². The molecular formula is C14H24ClNO. The summed E-state index contributed by atoms with van der Waals surface area (Å²) < 4.78 is 0. The second kappa shape index (κ2) is 4.79. The Morgan fingerprint density at radius 3 is 2.59 bits per heavy atom. The van der Waals surface area contributed by atoms with Gasteiger partial charge in [-0.05, 0) is 57.8 Å². The molecule has 2 aliphatic carbocycles. The molecule has 2 rings (SSSR count). The molecule has 17 heavy (non-hydrogen) atoms. The van der Waals surface area contributed by atoms with Crippen LogP contribution in [0.5, 0.6) is 0 Å². The third kappa shape index (κ3) is 2.62. The molecule has 2 nitrogen and oxygen atoms in total. The van der Waals surface area contributed by atoms with Crippen LogP contribution in [0.3, 0.4) is 0 Å². The van der Waals surface area contributed by atoms with Crippen molar-refractivity contribution in [2.75, 3.05) is 5.88 Å². The number of halogens is 1. The standard InChI is InChI=1S/C14H24ClNO/c1-9(16-13(17)14(2,3)8-15)12-7-10-4-5-11(12)6-10/h9-12H,4-8H2,1-3H3,(H,16,17).